The molecule has 0 N–H and O–H groups in total. The fourth-order valence-corrected chi connectivity index (χ4v) is 2.92. The molecule has 0 atom stereocenters. The van der Waals surface area contributed by atoms with Crippen molar-refractivity contribution in [3.05, 3.63) is 115 Å². The Morgan fingerprint density at radius 3 is 0.576 bits per heavy atom. The van der Waals surface area contributed by atoms with Crippen molar-refractivity contribution >= 4 is 63.7 Å². The Bertz CT molecular complexity index is 839. The van der Waals surface area contributed by atoms with Crippen LogP contribution in [-0.2, 0) is 25.8 Å². The van der Waals surface area contributed by atoms with Gasteiger partial charge in [0.2, 0.25) is 0 Å². The molecule has 4 nitrogen and oxygen atoms in total. The summed E-state index contributed by atoms with van der Waals surface area (Å²) in [5, 5.41) is 42.3. The number of hydrogen-bond donors (Lipinski definition) is 0. The fourth-order valence-electron chi connectivity index (χ4n) is 1.78. The second kappa shape index (κ2) is 18.2. The van der Waals surface area contributed by atoms with Crippen molar-refractivity contribution in [3.8, 4) is 23.0 Å². The Morgan fingerprint density at radius 2 is 0.485 bits per heavy atom. The van der Waals surface area contributed by atoms with Gasteiger partial charge in [-0.15, -0.1) is 0 Å². The van der Waals surface area contributed by atoms with E-state index in [0.29, 0.717) is 17.9 Å². The molecule has 0 amide bonds. The molecule has 0 saturated carbocycles. The molecule has 168 valence electrons. The molecule has 0 radical (unpaired) electrons. The van der Waals surface area contributed by atoms with E-state index in [1.54, 1.807) is 48.5 Å². The van der Waals surface area contributed by atoms with Gasteiger partial charge in [-0.2, -0.15) is 0 Å². The molecule has 0 heterocycles. The molecule has 0 fully saturated rings. The average Bonchev–Trinajstić information content (AvgIpc) is 2.78. The van der Waals surface area contributed by atoms with Crippen molar-refractivity contribution in [3.63, 3.8) is 0 Å². The molecule has 4 aromatic carbocycles. The second-order valence-corrected chi connectivity index (χ2v) is 9.14. The van der Waals surface area contributed by atoms with Crippen molar-refractivity contribution in [1.29, 1.82) is 0 Å². The van der Waals surface area contributed by atoms with Gasteiger partial charge in [0, 0.05) is 17.9 Å². The van der Waals surface area contributed by atoms with Crippen molar-refractivity contribution in [2.45, 2.75) is 0 Å². The van der Waals surface area contributed by atoms with E-state index >= 15 is 0 Å². The Kier molecular flexibility index (Phi) is 17.6. The first-order valence-electron chi connectivity index (χ1n) is 8.88. The van der Waals surface area contributed by atoms with Crippen molar-refractivity contribution in [2.24, 2.45) is 0 Å². The van der Waals surface area contributed by atoms with Crippen LogP contribution in [0.1, 0.15) is 0 Å². The van der Waals surface area contributed by atoms with E-state index in [9.17, 15) is 20.4 Å². The molecule has 0 aliphatic heterocycles. The molecule has 0 aromatic heterocycles. The van der Waals surface area contributed by atoms with Gasteiger partial charge in [-0.3, -0.25) is 0 Å². The largest absolute Gasteiger partial charge is 4.00 e. The van der Waals surface area contributed by atoms with E-state index in [2.05, 4.69) is 63.7 Å². The van der Waals surface area contributed by atoms with Gasteiger partial charge in [0.15, 0.2) is 0 Å². The number of para-hydroxylation sites is 4. The number of benzene rings is 4. The number of hydrogen-bond acceptors (Lipinski definition) is 4. The summed E-state index contributed by atoms with van der Waals surface area (Å²) in [6.45, 7) is 0. The number of rotatable bonds is 0. The predicted octanol–water partition coefficient (Wildman–Crippen LogP) is 6.09. The minimum absolute atomic E-state index is 0. The van der Waals surface area contributed by atoms with Crippen LogP contribution >= 0.6 is 63.7 Å². The van der Waals surface area contributed by atoms with Crippen LogP contribution in [0.15, 0.2) is 115 Å². The Morgan fingerprint density at radius 1 is 0.333 bits per heavy atom. The van der Waals surface area contributed by atoms with Crippen LogP contribution in [0.5, 0.6) is 23.0 Å². The fraction of sp³-hybridized carbons (Fsp3) is 0. The zero-order chi connectivity index (χ0) is 23.9. The Hall–Kier alpha value is -1.13. The van der Waals surface area contributed by atoms with Crippen LogP contribution in [0.4, 0.5) is 0 Å². The first kappa shape index (κ1) is 31.9. The van der Waals surface area contributed by atoms with E-state index in [4.69, 9.17) is 0 Å². The third-order valence-electron chi connectivity index (χ3n) is 3.35. The monoisotopic (exact) mass is 864 g/mol. The van der Waals surface area contributed by atoms with Gasteiger partial charge in [0.1, 0.15) is 0 Å². The van der Waals surface area contributed by atoms with Crippen LogP contribution < -0.4 is 20.4 Å². The molecule has 0 aliphatic rings. The van der Waals surface area contributed by atoms with Gasteiger partial charge in [-0.05, 0) is 24.3 Å². The second-order valence-electron chi connectivity index (χ2n) is 5.72. The van der Waals surface area contributed by atoms with Crippen molar-refractivity contribution in [2.75, 3.05) is 0 Å². The van der Waals surface area contributed by atoms with Gasteiger partial charge in [0.05, 0.1) is 0 Å². The molecule has 4 rings (SSSR count). The summed E-state index contributed by atoms with van der Waals surface area (Å²) in [6.07, 6.45) is 0. The maximum atomic E-state index is 10.6. The van der Waals surface area contributed by atoms with Gasteiger partial charge < -0.3 is 20.4 Å². The molecular formula is C24H16Br4HfO4. The zero-order valence-electron chi connectivity index (χ0n) is 16.9. The molecule has 0 spiro atoms. The smallest absolute Gasteiger partial charge is 0.872 e. The zero-order valence-corrected chi connectivity index (χ0v) is 26.8. The normalized spacial score (nSPS) is 8.85. The minimum atomic E-state index is 0. The standard InChI is InChI=1S/4C6H5BrO.Hf/c4*7-5-3-1-2-4-6(5)8;/h4*1-4,8H;/q;;;;+4/p-4. The SMILES string of the molecule is [Hf+4].[O-]c1ccccc1Br.[O-]c1ccccc1Br.[O-]c1ccccc1Br.[O-]c1ccccc1Br. The van der Waals surface area contributed by atoms with E-state index in [-0.39, 0.29) is 48.8 Å². The number of halogens is 4. The topological polar surface area (TPSA) is 92.2 Å². The first-order chi connectivity index (χ1) is 15.2. The minimum Gasteiger partial charge on any atom is -0.872 e. The summed E-state index contributed by atoms with van der Waals surface area (Å²) in [7, 11) is 0. The van der Waals surface area contributed by atoms with Crippen LogP contribution in [0.25, 0.3) is 0 Å². The van der Waals surface area contributed by atoms with E-state index in [1.165, 1.54) is 24.3 Å². The van der Waals surface area contributed by atoms with E-state index < -0.39 is 0 Å². The molecule has 33 heavy (non-hydrogen) atoms. The maximum absolute atomic E-state index is 10.6. The molecule has 0 bridgehead atoms. The van der Waals surface area contributed by atoms with Crippen LogP contribution in [0.2, 0.25) is 0 Å². The Balaban J connectivity index is 0.000000410. The molecule has 9 heteroatoms. The quantitative estimate of drug-likeness (QED) is 0.200. The van der Waals surface area contributed by atoms with E-state index in [0.717, 1.165) is 0 Å². The summed E-state index contributed by atoms with van der Waals surface area (Å²) in [4.78, 5) is 0. The predicted molar refractivity (Wildman–Crippen MR) is 134 cm³/mol. The van der Waals surface area contributed by atoms with Crippen LogP contribution in [0.3, 0.4) is 0 Å². The van der Waals surface area contributed by atoms with Crippen molar-refractivity contribution < 1.29 is 46.3 Å². The molecular weight excluding hydrogens is 850 g/mol. The van der Waals surface area contributed by atoms with Gasteiger partial charge in [-0.1, -0.05) is 160 Å². The van der Waals surface area contributed by atoms with Gasteiger partial charge in [-0.25, -0.2) is 0 Å². The maximum Gasteiger partial charge on any atom is 4.00 e. The summed E-state index contributed by atoms with van der Waals surface area (Å²) >= 11 is 12.3. The van der Waals surface area contributed by atoms with Crippen LogP contribution in [-0.4, -0.2) is 0 Å². The Labute approximate surface area is 245 Å². The summed E-state index contributed by atoms with van der Waals surface area (Å²) in [6, 6.07) is 27.1. The molecule has 4 aromatic rings. The van der Waals surface area contributed by atoms with Gasteiger partial charge >= 0.3 is 25.8 Å². The molecule has 0 unspecified atom stereocenters. The summed E-state index contributed by atoms with van der Waals surface area (Å²) < 4.78 is 2.50. The molecule has 0 saturated heterocycles. The van der Waals surface area contributed by atoms with Gasteiger partial charge in [0.25, 0.3) is 0 Å². The molecule has 0 aliphatic carbocycles. The summed E-state index contributed by atoms with van der Waals surface area (Å²) in [5.41, 5.74) is 0. The first-order valence-corrected chi connectivity index (χ1v) is 12.1. The van der Waals surface area contributed by atoms with Crippen LogP contribution in [0, 0.1) is 0 Å². The summed E-state index contributed by atoms with van der Waals surface area (Å²) in [5.74, 6) is 0.139. The van der Waals surface area contributed by atoms with E-state index in [1.807, 2.05) is 24.3 Å². The average molecular weight is 866 g/mol. The third kappa shape index (κ3) is 14.0. The third-order valence-corrected chi connectivity index (χ3v) is 5.97. The van der Waals surface area contributed by atoms with Crippen molar-refractivity contribution in [1.82, 2.24) is 0 Å².